The van der Waals surface area contributed by atoms with E-state index >= 15 is 0 Å². The molecule has 0 aliphatic heterocycles. The summed E-state index contributed by atoms with van der Waals surface area (Å²) in [5.41, 5.74) is 10.4. The summed E-state index contributed by atoms with van der Waals surface area (Å²) in [6.45, 7) is 4.13. The molecule has 0 saturated carbocycles. The second kappa shape index (κ2) is 5.32. The first-order valence-corrected chi connectivity index (χ1v) is 6.14. The van der Waals surface area contributed by atoms with E-state index < -0.39 is 0 Å². The number of halogens is 1. The van der Waals surface area contributed by atoms with Gasteiger partial charge in [0.05, 0.1) is 0 Å². The number of hydrogen-bond acceptors (Lipinski definition) is 1. The highest BCUT2D eigenvalue weighted by Gasteiger charge is 2.12. The highest BCUT2D eigenvalue weighted by Crippen LogP contribution is 2.22. The lowest BCUT2D eigenvalue weighted by molar-refractivity contribution is 0.592. The van der Waals surface area contributed by atoms with E-state index in [1.54, 1.807) is 12.1 Å². The summed E-state index contributed by atoms with van der Waals surface area (Å²) in [5, 5.41) is 0. The van der Waals surface area contributed by atoms with Crippen molar-refractivity contribution in [1.29, 1.82) is 0 Å². The van der Waals surface area contributed by atoms with Gasteiger partial charge in [-0.2, -0.15) is 0 Å². The molecule has 0 fully saturated rings. The van der Waals surface area contributed by atoms with Gasteiger partial charge in [0.1, 0.15) is 5.82 Å². The number of hydrogen-bond donors (Lipinski definition) is 1. The molecular weight excluding hydrogens is 225 g/mol. The van der Waals surface area contributed by atoms with Gasteiger partial charge in [-0.05, 0) is 48.6 Å². The van der Waals surface area contributed by atoms with E-state index in [2.05, 4.69) is 19.9 Å². The van der Waals surface area contributed by atoms with Crippen molar-refractivity contribution in [2.24, 2.45) is 5.73 Å². The Labute approximate surface area is 107 Å². The molecule has 0 saturated heterocycles. The molecule has 0 amide bonds. The first kappa shape index (κ1) is 12.8. The Hall–Kier alpha value is -1.67. The van der Waals surface area contributed by atoms with Gasteiger partial charge in [0.2, 0.25) is 0 Å². The molecule has 18 heavy (non-hydrogen) atoms. The van der Waals surface area contributed by atoms with Gasteiger partial charge in [0, 0.05) is 6.04 Å². The van der Waals surface area contributed by atoms with E-state index in [1.807, 2.05) is 18.2 Å². The molecule has 0 aliphatic rings. The predicted molar refractivity (Wildman–Crippen MR) is 72.9 cm³/mol. The molecule has 1 nitrogen and oxygen atoms in total. The first-order valence-electron chi connectivity index (χ1n) is 6.14. The van der Waals surface area contributed by atoms with Gasteiger partial charge in [0.15, 0.2) is 0 Å². The monoisotopic (exact) mass is 243 g/mol. The largest absolute Gasteiger partial charge is 0.324 e. The molecule has 2 rings (SSSR count). The maximum atomic E-state index is 13.6. The second-order valence-corrected chi connectivity index (χ2v) is 4.69. The standard InChI is InChI=1S/C16H18FN/c1-11-6-5-8-14(12(11)2)16(18)10-13-7-3-4-9-15(13)17/h3-9,16H,10,18H2,1-2H3. The van der Waals surface area contributed by atoms with Crippen molar-refractivity contribution in [2.45, 2.75) is 26.3 Å². The number of nitrogens with two attached hydrogens (primary N) is 1. The van der Waals surface area contributed by atoms with E-state index in [4.69, 9.17) is 5.73 Å². The molecule has 0 aliphatic carbocycles. The molecule has 0 bridgehead atoms. The molecule has 2 aromatic rings. The number of aryl methyl sites for hydroxylation is 1. The van der Waals surface area contributed by atoms with Crippen LogP contribution in [-0.4, -0.2) is 0 Å². The molecule has 0 spiro atoms. The highest BCUT2D eigenvalue weighted by atomic mass is 19.1. The fourth-order valence-electron chi connectivity index (χ4n) is 2.19. The van der Waals surface area contributed by atoms with Crippen LogP contribution in [0.3, 0.4) is 0 Å². The third-order valence-corrected chi connectivity index (χ3v) is 3.44. The quantitative estimate of drug-likeness (QED) is 0.874. The van der Waals surface area contributed by atoms with Crippen LogP contribution in [0.4, 0.5) is 4.39 Å². The summed E-state index contributed by atoms with van der Waals surface area (Å²) < 4.78 is 13.6. The fraction of sp³-hybridized carbons (Fsp3) is 0.250. The molecule has 2 N–H and O–H groups in total. The van der Waals surface area contributed by atoms with E-state index in [0.717, 1.165) is 5.56 Å². The summed E-state index contributed by atoms with van der Waals surface area (Å²) in [4.78, 5) is 0. The van der Waals surface area contributed by atoms with Crippen LogP contribution in [0.2, 0.25) is 0 Å². The fourth-order valence-corrected chi connectivity index (χ4v) is 2.19. The lowest BCUT2D eigenvalue weighted by Crippen LogP contribution is -2.15. The second-order valence-electron chi connectivity index (χ2n) is 4.69. The van der Waals surface area contributed by atoms with Gasteiger partial charge >= 0.3 is 0 Å². The third kappa shape index (κ3) is 2.59. The van der Waals surface area contributed by atoms with Crippen molar-refractivity contribution in [2.75, 3.05) is 0 Å². The maximum absolute atomic E-state index is 13.6. The van der Waals surface area contributed by atoms with E-state index in [9.17, 15) is 4.39 Å². The van der Waals surface area contributed by atoms with E-state index in [-0.39, 0.29) is 11.9 Å². The summed E-state index contributed by atoms with van der Waals surface area (Å²) >= 11 is 0. The zero-order valence-corrected chi connectivity index (χ0v) is 10.8. The van der Waals surface area contributed by atoms with Crippen LogP contribution in [0.15, 0.2) is 42.5 Å². The minimum atomic E-state index is -0.182. The van der Waals surface area contributed by atoms with Crippen LogP contribution in [0.25, 0.3) is 0 Å². The molecule has 1 atom stereocenters. The molecule has 2 aromatic carbocycles. The Balaban J connectivity index is 2.25. The average Bonchev–Trinajstić information content (AvgIpc) is 2.35. The molecule has 0 radical (unpaired) electrons. The molecule has 0 heterocycles. The zero-order valence-electron chi connectivity index (χ0n) is 10.8. The van der Waals surface area contributed by atoms with Gasteiger partial charge < -0.3 is 5.73 Å². The van der Waals surface area contributed by atoms with Crippen LogP contribution in [0, 0.1) is 19.7 Å². The number of benzene rings is 2. The Morgan fingerprint density at radius 2 is 1.78 bits per heavy atom. The van der Waals surface area contributed by atoms with Gasteiger partial charge in [0.25, 0.3) is 0 Å². The minimum absolute atomic E-state index is 0.165. The zero-order chi connectivity index (χ0) is 13.1. The Kier molecular flexibility index (Phi) is 3.78. The van der Waals surface area contributed by atoms with Crippen LogP contribution in [-0.2, 0) is 6.42 Å². The molecule has 1 unspecified atom stereocenters. The number of rotatable bonds is 3. The lowest BCUT2D eigenvalue weighted by atomic mass is 9.93. The minimum Gasteiger partial charge on any atom is -0.324 e. The Morgan fingerprint density at radius 1 is 1.06 bits per heavy atom. The van der Waals surface area contributed by atoms with Gasteiger partial charge in [-0.25, -0.2) is 4.39 Å². The van der Waals surface area contributed by atoms with E-state index in [1.165, 1.54) is 17.2 Å². The summed E-state index contributed by atoms with van der Waals surface area (Å²) in [5.74, 6) is -0.182. The first-order chi connectivity index (χ1) is 8.59. The molecular formula is C16H18FN. The normalized spacial score (nSPS) is 12.4. The van der Waals surface area contributed by atoms with Crippen molar-refractivity contribution in [3.8, 4) is 0 Å². The van der Waals surface area contributed by atoms with Crippen LogP contribution in [0.1, 0.15) is 28.3 Å². The average molecular weight is 243 g/mol. The van der Waals surface area contributed by atoms with Crippen LogP contribution in [0.5, 0.6) is 0 Å². The van der Waals surface area contributed by atoms with Crippen molar-refractivity contribution < 1.29 is 4.39 Å². The van der Waals surface area contributed by atoms with Gasteiger partial charge in [-0.15, -0.1) is 0 Å². The van der Waals surface area contributed by atoms with Crippen molar-refractivity contribution in [3.05, 3.63) is 70.5 Å². The topological polar surface area (TPSA) is 26.0 Å². The SMILES string of the molecule is Cc1cccc(C(N)Cc2ccccc2F)c1C. The van der Waals surface area contributed by atoms with Crippen LogP contribution >= 0.6 is 0 Å². The smallest absolute Gasteiger partial charge is 0.126 e. The highest BCUT2D eigenvalue weighted by molar-refractivity contribution is 5.36. The van der Waals surface area contributed by atoms with E-state index in [0.29, 0.717) is 12.0 Å². The summed E-state index contributed by atoms with van der Waals surface area (Å²) in [6, 6.07) is 12.7. The Bertz CT molecular complexity index is 549. The predicted octanol–water partition coefficient (Wildman–Crippen LogP) is 3.69. The summed E-state index contributed by atoms with van der Waals surface area (Å²) in [7, 11) is 0. The van der Waals surface area contributed by atoms with Crippen molar-refractivity contribution in [1.82, 2.24) is 0 Å². The maximum Gasteiger partial charge on any atom is 0.126 e. The molecule has 0 aromatic heterocycles. The van der Waals surface area contributed by atoms with Gasteiger partial charge in [-0.1, -0.05) is 36.4 Å². The molecule has 2 heteroatoms. The lowest BCUT2D eigenvalue weighted by Gasteiger charge is -2.16. The van der Waals surface area contributed by atoms with Gasteiger partial charge in [-0.3, -0.25) is 0 Å². The van der Waals surface area contributed by atoms with Crippen LogP contribution < -0.4 is 5.73 Å². The third-order valence-electron chi connectivity index (χ3n) is 3.44. The molecule has 94 valence electrons. The van der Waals surface area contributed by atoms with Crippen molar-refractivity contribution >= 4 is 0 Å². The Morgan fingerprint density at radius 3 is 2.50 bits per heavy atom. The van der Waals surface area contributed by atoms with Crippen molar-refractivity contribution in [3.63, 3.8) is 0 Å². The summed E-state index contributed by atoms with van der Waals surface area (Å²) in [6.07, 6.45) is 0.525.